The van der Waals surface area contributed by atoms with Gasteiger partial charge >= 0.3 is 5.97 Å². The van der Waals surface area contributed by atoms with Gasteiger partial charge in [-0.1, -0.05) is 0 Å². The van der Waals surface area contributed by atoms with Gasteiger partial charge in [-0.3, -0.25) is 14.6 Å². The van der Waals surface area contributed by atoms with E-state index in [-0.39, 0.29) is 40.3 Å². The molecule has 25 heavy (non-hydrogen) atoms. The van der Waals surface area contributed by atoms with Crippen LogP contribution in [0.5, 0.6) is 0 Å². The molecule has 0 aromatic carbocycles. The number of fused-ring (bicyclic) bond motifs is 1. The van der Waals surface area contributed by atoms with Crippen LogP contribution < -0.4 is 0 Å². The quantitative estimate of drug-likeness (QED) is 0.806. The first-order valence-electron chi connectivity index (χ1n) is 7.30. The van der Waals surface area contributed by atoms with Gasteiger partial charge < -0.3 is 9.84 Å². The van der Waals surface area contributed by atoms with Gasteiger partial charge in [0.1, 0.15) is 5.83 Å². The molecular formula is C17H13F2NO4S. The van der Waals surface area contributed by atoms with Crippen LogP contribution in [0.15, 0.2) is 51.1 Å². The van der Waals surface area contributed by atoms with Crippen LogP contribution in [0.3, 0.4) is 0 Å². The minimum absolute atomic E-state index is 0.0721. The first-order valence-corrected chi connectivity index (χ1v) is 8.12. The molecule has 0 spiro atoms. The van der Waals surface area contributed by atoms with Gasteiger partial charge in [-0.15, -0.1) is 11.3 Å². The predicted octanol–water partition coefficient (Wildman–Crippen LogP) is 3.80. The number of Topliss-reactive ketones (excluding diaryl/α,β-unsaturated/α-hetero) is 1. The average Bonchev–Trinajstić information content (AvgIpc) is 3.09. The molecule has 1 aromatic rings. The van der Waals surface area contributed by atoms with Gasteiger partial charge in [-0.2, -0.15) is 4.39 Å². The van der Waals surface area contributed by atoms with E-state index in [1.54, 1.807) is 6.92 Å². The molecule has 1 aliphatic carbocycles. The Morgan fingerprint density at radius 1 is 1.36 bits per heavy atom. The van der Waals surface area contributed by atoms with E-state index in [0.717, 1.165) is 6.07 Å². The number of allylic oxidation sites excluding steroid dienone is 4. The molecule has 0 saturated carbocycles. The summed E-state index contributed by atoms with van der Waals surface area (Å²) in [5, 5.41) is 8.59. The number of nitrogens with zero attached hydrogens (tertiary/aromatic N) is 1. The third-order valence-electron chi connectivity index (χ3n) is 3.93. The van der Waals surface area contributed by atoms with Crippen LogP contribution in [0.1, 0.15) is 29.4 Å². The highest BCUT2D eigenvalue weighted by Crippen LogP contribution is 2.41. The van der Waals surface area contributed by atoms with Crippen LogP contribution >= 0.6 is 11.3 Å². The molecule has 2 aliphatic rings. The number of carbonyl (C=O) groups is 2. The van der Waals surface area contributed by atoms with Crippen molar-refractivity contribution in [1.82, 2.24) is 0 Å². The van der Waals surface area contributed by atoms with Crippen molar-refractivity contribution in [1.29, 1.82) is 0 Å². The van der Waals surface area contributed by atoms with E-state index < -0.39 is 22.7 Å². The maximum absolute atomic E-state index is 14.4. The Balaban J connectivity index is 2.23. The summed E-state index contributed by atoms with van der Waals surface area (Å²) in [6, 6.07) is 2.44. The lowest BCUT2D eigenvalue weighted by Gasteiger charge is -2.21. The number of aliphatic imine (C=N–C) groups is 1. The standard InChI is InChI=1S/C17H13F2NO4S/c1-7-8(5-13(21)22)14-10(20-7)6-9(18)17(24-2)15(14)16(23)11-3-4-12(19)25-11/h3-4H,5-6H2,1-2H3,(H,21,22). The molecule has 1 N–H and O–H groups in total. The minimum Gasteiger partial charge on any atom is -0.493 e. The normalized spacial score (nSPS) is 17.0. The van der Waals surface area contributed by atoms with Gasteiger partial charge in [-0.05, 0) is 24.6 Å². The molecule has 1 aromatic heterocycles. The number of hydrogen-bond donors (Lipinski definition) is 1. The van der Waals surface area contributed by atoms with Gasteiger partial charge in [0.05, 0.1) is 29.7 Å². The Morgan fingerprint density at radius 2 is 2.08 bits per heavy atom. The lowest BCUT2D eigenvalue weighted by Crippen LogP contribution is -2.20. The Labute approximate surface area is 145 Å². The van der Waals surface area contributed by atoms with E-state index in [0.29, 0.717) is 22.6 Å². The van der Waals surface area contributed by atoms with Crippen LogP contribution in [0.25, 0.3) is 0 Å². The zero-order valence-corrected chi connectivity index (χ0v) is 14.2. The van der Waals surface area contributed by atoms with E-state index >= 15 is 0 Å². The number of aliphatic carboxylic acids is 1. The summed E-state index contributed by atoms with van der Waals surface area (Å²) in [7, 11) is 1.22. The second kappa shape index (κ2) is 6.36. The SMILES string of the molecule is COC1=C(F)CC2=NC(C)=C(CC(=O)O)C2=C1C(=O)c1ccc(F)s1. The fraction of sp³-hybridized carbons (Fsp3) is 0.235. The molecule has 2 heterocycles. The van der Waals surface area contributed by atoms with Crippen molar-refractivity contribution in [2.24, 2.45) is 4.99 Å². The number of methoxy groups -OCH3 is 1. The van der Waals surface area contributed by atoms with E-state index in [9.17, 15) is 18.4 Å². The highest BCUT2D eigenvalue weighted by molar-refractivity contribution is 7.12. The van der Waals surface area contributed by atoms with E-state index in [1.807, 2.05) is 0 Å². The number of ketones is 1. The molecule has 0 amide bonds. The molecule has 0 fully saturated rings. The molecule has 3 rings (SSSR count). The summed E-state index contributed by atoms with van der Waals surface area (Å²) >= 11 is 0.630. The molecule has 0 unspecified atom stereocenters. The van der Waals surface area contributed by atoms with Crippen LogP contribution in [0, 0.1) is 5.13 Å². The first-order chi connectivity index (χ1) is 11.8. The zero-order valence-electron chi connectivity index (χ0n) is 13.4. The van der Waals surface area contributed by atoms with Gasteiger partial charge in [0.25, 0.3) is 0 Å². The monoisotopic (exact) mass is 365 g/mol. The molecule has 5 nitrogen and oxygen atoms in total. The molecule has 0 saturated heterocycles. The number of hydrogen-bond acceptors (Lipinski definition) is 5. The molecule has 8 heteroatoms. The Hall–Kier alpha value is -2.61. The number of carboxylic acids is 1. The number of rotatable bonds is 5. The van der Waals surface area contributed by atoms with Crippen LogP contribution in [0.4, 0.5) is 8.78 Å². The summed E-state index contributed by atoms with van der Waals surface area (Å²) in [5.41, 5.74) is 1.20. The third kappa shape index (κ3) is 2.93. The van der Waals surface area contributed by atoms with Crippen LogP contribution in [0.2, 0.25) is 0 Å². The van der Waals surface area contributed by atoms with Crippen LogP contribution in [-0.2, 0) is 9.53 Å². The van der Waals surface area contributed by atoms with Gasteiger partial charge in [0.2, 0.25) is 5.78 Å². The third-order valence-corrected chi connectivity index (χ3v) is 4.80. The minimum atomic E-state index is -1.10. The average molecular weight is 365 g/mol. The number of carbonyl (C=O) groups excluding carboxylic acids is 1. The van der Waals surface area contributed by atoms with Crippen molar-refractivity contribution in [2.45, 2.75) is 19.8 Å². The van der Waals surface area contributed by atoms with E-state index in [1.165, 1.54) is 13.2 Å². The molecule has 130 valence electrons. The molecule has 0 radical (unpaired) electrons. The fourth-order valence-electron chi connectivity index (χ4n) is 2.94. The number of halogens is 2. The topological polar surface area (TPSA) is 76.0 Å². The van der Waals surface area contributed by atoms with Crippen molar-refractivity contribution < 1.29 is 28.2 Å². The highest BCUT2D eigenvalue weighted by atomic mass is 32.1. The molecule has 0 bridgehead atoms. The maximum Gasteiger partial charge on any atom is 0.307 e. The lowest BCUT2D eigenvalue weighted by atomic mass is 9.85. The molecule has 0 atom stereocenters. The summed E-state index contributed by atoms with van der Waals surface area (Å²) in [4.78, 5) is 28.4. The van der Waals surface area contributed by atoms with Crippen molar-refractivity contribution in [3.8, 4) is 0 Å². The van der Waals surface area contributed by atoms with Crippen LogP contribution in [-0.4, -0.2) is 29.7 Å². The van der Waals surface area contributed by atoms with Gasteiger partial charge in [-0.25, -0.2) is 4.39 Å². The summed E-state index contributed by atoms with van der Waals surface area (Å²) in [6.07, 6.45) is -0.545. The largest absolute Gasteiger partial charge is 0.493 e. The Morgan fingerprint density at radius 3 is 2.64 bits per heavy atom. The smallest absolute Gasteiger partial charge is 0.307 e. The predicted molar refractivity (Wildman–Crippen MR) is 87.8 cm³/mol. The Bertz CT molecular complexity index is 921. The Kier molecular flexibility index (Phi) is 4.38. The second-order valence-corrected chi connectivity index (χ2v) is 6.52. The van der Waals surface area contributed by atoms with Gasteiger partial charge in [0.15, 0.2) is 10.9 Å². The number of ether oxygens (including phenoxy) is 1. The summed E-state index contributed by atoms with van der Waals surface area (Å²) < 4.78 is 32.8. The molecule has 1 aliphatic heterocycles. The van der Waals surface area contributed by atoms with E-state index in [4.69, 9.17) is 9.84 Å². The van der Waals surface area contributed by atoms with Crippen molar-refractivity contribution in [3.05, 3.63) is 56.1 Å². The highest BCUT2D eigenvalue weighted by Gasteiger charge is 2.38. The van der Waals surface area contributed by atoms with E-state index in [2.05, 4.69) is 4.99 Å². The second-order valence-electron chi connectivity index (χ2n) is 5.49. The molecular weight excluding hydrogens is 352 g/mol. The fourth-order valence-corrected chi connectivity index (χ4v) is 3.61. The summed E-state index contributed by atoms with van der Waals surface area (Å²) in [5.74, 6) is -2.65. The lowest BCUT2D eigenvalue weighted by molar-refractivity contribution is -0.136. The number of carboxylic acid groups (broad SMARTS) is 1. The first kappa shape index (κ1) is 17.2. The van der Waals surface area contributed by atoms with Gasteiger partial charge in [0, 0.05) is 17.7 Å². The summed E-state index contributed by atoms with van der Waals surface area (Å²) in [6.45, 7) is 1.61. The van der Waals surface area contributed by atoms with Crippen molar-refractivity contribution in [3.63, 3.8) is 0 Å². The maximum atomic E-state index is 14.4. The number of thiophene rings is 1. The van der Waals surface area contributed by atoms with Crippen molar-refractivity contribution >= 4 is 28.8 Å². The van der Waals surface area contributed by atoms with Crippen molar-refractivity contribution in [2.75, 3.05) is 7.11 Å². The zero-order chi connectivity index (χ0) is 18.3.